The molecule has 11 heteroatoms. The van der Waals surface area contributed by atoms with E-state index < -0.39 is 59.2 Å². The zero-order chi connectivity index (χ0) is 34.0. The van der Waals surface area contributed by atoms with Gasteiger partial charge in [0.15, 0.2) is 13.1 Å². The maximum absolute atomic E-state index is 12.5. The average molecular weight is 594 g/mol. The number of carbonyl (C=O) groups excluding carboxylic acids is 2. The van der Waals surface area contributed by atoms with Crippen LogP contribution in [-0.4, -0.2) is 121 Å². The monoisotopic (exact) mass is 593 g/mol. The lowest BCUT2D eigenvalue weighted by Gasteiger charge is -2.60. The molecule has 4 aliphatic carbocycles. The number of aliphatic hydroxyl groups excluding tert-OH is 2. The third kappa shape index (κ3) is 6.22. The minimum absolute atomic E-state index is 0.0702. The summed E-state index contributed by atoms with van der Waals surface area (Å²) in [6, 6.07) is 0. The van der Waals surface area contributed by atoms with Crippen LogP contribution in [-0.2, 0) is 9.59 Å². The normalized spacial score (nSPS) is 41.8. The number of hydrazone groups is 2. The number of quaternary nitrogens is 2. The van der Waals surface area contributed by atoms with Gasteiger partial charge in [-0.25, -0.2) is 10.9 Å². The number of fused-ring (bicyclic) bond motifs is 5. The van der Waals surface area contributed by atoms with Crippen LogP contribution >= 0.6 is 0 Å². The van der Waals surface area contributed by atoms with Crippen molar-refractivity contribution < 1.29 is 38.0 Å². The van der Waals surface area contributed by atoms with Crippen molar-refractivity contribution in [3.8, 4) is 0 Å². The molecule has 4 rings (SSSR count). The molecule has 2 amide bonds. The highest BCUT2D eigenvalue weighted by Gasteiger charge is 2.67. The fourth-order valence-electron chi connectivity index (χ4n) is 7.85. The number of nitrogens with zero attached hydrogens (tertiary/aromatic N) is 4. The molecule has 236 valence electrons. The molecule has 4 aliphatic rings. The van der Waals surface area contributed by atoms with Crippen LogP contribution in [0.3, 0.4) is 0 Å². The van der Waals surface area contributed by atoms with Crippen LogP contribution in [0.5, 0.6) is 0 Å². The molecule has 11 nitrogen and oxygen atoms in total. The van der Waals surface area contributed by atoms with Gasteiger partial charge in [-0.15, -0.1) is 0 Å². The summed E-state index contributed by atoms with van der Waals surface area (Å²) < 4.78 is 29.6. The topological polar surface area (TPSA) is 144 Å². The standard InChI is InChI=1S/C31H52N6O5/c1-29-13-11-21(32-34-26(40)17-36(3,4)5)15-20(29)9-10-22-23-12-14-31(42,30(23,2)16-24(39)28(22)29)25(19-38)33-35-27(41)18-37(6,7)8/h15,22-24,28,38-39,42H,9-14,16-19H2,1-8H3/p+2/b32-21-,33-25-/t22-,23-,24-,28+,29-,30-,31-/m0/s1/i16D2,28D. The Morgan fingerprint density at radius 2 is 1.67 bits per heavy atom. The molecule has 0 aliphatic heterocycles. The van der Waals surface area contributed by atoms with E-state index in [0.29, 0.717) is 46.8 Å². The first kappa shape index (κ1) is 28.6. The maximum atomic E-state index is 12.5. The summed E-state index contributed by atoms with van der Waals surface area (Å²) in [5.74, 6) is -3.18. The van der Waals surface area contributed by atoms with Crippen LogP contribution in [0.4, 0.5) is 0 Å². The minimum Gasteiger partial charge on any atom is -0.393 e. The number of carbonyl (C=O) groups is 2. The third-order valence-corrected chi connectivity index (χ3v) is 9.83. The molecular formula is C31H54N6O5+2. The molecule has 0 saturated heterocycles. The first-order valence-electron chi connectivity index (χ1n) is 16.5. The van der Waals surface area contributed by atoms with Crippen molar-refractivity contribution in [1.29, 1.82) is 0 Å². The van der Waals surface area contributed by atoms with E-state index in [4.69, 9.17) is 0 Å². The van der Waals surface area contributed by atoms with Crippen molar-refractivity contribution in [1.82, 2.24) is 10.9 Å². The van der Waals surface area contributed by atoms with E-state index in [1.165, 1.54) is 0 Å². The molecule has 0 bridgehead atoms. The lowest BCUT2D eigenvalue weighted by atomic mass is 9.45. The Hall–Kier alpha value is -2.18. The Labute approximate surface area is 255 Å². The van der Waals surface area contributed by atoms with Gasteiger partial charge in [0.25, 0.3) is 11.8 Å². The van der Waals surface area contributed by atoms with E-state index in [-0.39, 0.29) is 31.1 Å². The van der Waals surface area contributed by atoms with Crippen molar-refractivity contribution in [3.05, 3.63) is 11.6 Å². The largest absolute Gasteiger partial charge is 0.393 e. The summed E-state index contributed by atoms with van der Waals surface area (Å²) >= 11 is 0. The van der Waals surface area contributed by atoms with E-state index in [1.807, 2.05) is 55.3 Å². The van der Waals surface area contributed by atoms with Gasteiger partial charge in [-0.3, -0.25) is 9.59 Å². The number of allylic oxidation sites excluding steroid dienone is 2. The fourth-order valence-corrected chi connectivity index (χ4v) is 7.85. The molecule has 3 fully saturated rings. The lowest BCUT2D eigenvalue weighted by Crippen LogP contribution is -2.62. The van der Waals surface area contributed by atoms with E-state index in [2.05, 4.69) is 21.1 Å². The fraction of sp³-hybridized carbons (Fsp3) is 0.806. The van der Waals surface area contributed by atoms with Gasteiger partial charge in [-0.2, -0.15) is 10.2 Å². The predicted octanol–water partition coefficient (Wildman–Crippen LogP) is 1.00. The predicted molar refractivity (Wildman–Crippen MR) is 162 cm³/mol. The van der Waals surface area contributed by atoms with Crippen molar-refractivity contribution in [2.24, 2.45) is 38.8 Å². The van der Waals surface area contributed by atoms with Gasteiger partial charge in [0.1, 0.15) is 5.60 Å². The van der Waals surface area contributed by atoms with Crippen LogP contribution in [0.25, 0.3) is 0 Å². The second-order valence-electron chi connectivity index (χ2n) is 15.1. The second-order valence-corrected chi connectivity index (χ2v) is 15.1. The quantitative estimate of drug-likeness (QED) is 0.162. The Morgan fingerprint density at radius 1 is 1.05 bits per heavy atom. The van der Waals surface area contributed by atoms with Gasteiger partial charge in [-0.05, 0) is 74.1 Å². The molecule has 0 unspecified atom stereocenters. The van der Waals surface area contributed by atoms with Crippen LogP contribution in [0, 0.1) is 28.6 Å². The number of likely N-dealkylation sites (N-methyl/N-ethyl adjacent to an activating group) is 2. The molecule has 42 heavy (non-hydrogen) atoms. The number of aliphatic hydroxyl groups is 3. The average Bonchev–Trinajstić information content (AvgIpc) is 3.18. The van der Waals surface area contributed by atoms with Gasteiger partial charge < -0.3 is 24.3 Å². The van der Waals surface area contributed by atoms with Gasteiger partial charge in [-0.1, -0.05) is 19.4 Å². The molecule has 0 aromatic rings. The second kappa shape index (κ2) is 11.4. The Morgan fingerprint density at radius 3 is 2.26 bits per heavy atom. The first-order chi connectivity index (χ1) is 20.5. The third-order valence-electron chi connectivity index (χ3n) is 9.83. The van der Waals surface area contributed by atoms with Crippen molar-refractivity contribution in [2.45, 2.75) is 70.5 Å². The molecule has 3 saturated carbocycles. The number of amides is 2. The molecule has 0 spiro atoms. The summed E-state index contributed by atoms with van der Waals surface area (Å²) in [5.41, 5.74) is 2.07. The minimum atomic E-state index is -2.46. The highest BCUT2D eigenvalue weighted by Crippen LogP contribution is 2.67. The molecule has 0 heterocycles. The number of hydrogen-bond donors (Lipinski definition) is 5. The summed E-state index contributed by atoms with van der Waals surface area (Å²) in [5, 5.41) is 43.1. The SMILES string of the molecule is [2H]C1([2H])[C@H](O)[C@@]2([2H])[C@@H](CCC3=C/C(=N\NC(=O)C[N+](C)(C)C)CC[C@@]32C)[C@@H]2CC[C@](O)(/C(CO)=N\NC(=O)C[N+](C)(C)C)[C@]21C. The Kier molecular flexibility index (Phi) is 7.75. The van der Waals surface area contributed by atoms with E-state index in [1.54, 1.807) is 6.92 Å². The van der Waals surface area contributed by atoms with E-state index >= 15 is 0 Å². The van der Waals surface area contributed by atoms with Crippen molar-refractivity contribution in [3.63, 3.8) is 0 Å². The van der Waals surface area contributed by atoms with E-state index in [9.17, 15) is 29.0 Å². The molecule has 0 radical (unpaired) electrons. The first-order valence-corrected chi connectivity index (χ1v) is 15.0. The van der Waals surface area contributed by atoms with E-state index in [0.717, 1.165) is 5.57 Å². The van der Waals surface area contributed by atoms with Crippen LogP contribution < -0.4 is 10.9 Å². The molecule has 7 atom stereocenters. The summed E-state index contributed by atoms with van der Waals surface area (Å²) in [4.78, 5) is 24.9. The van der Waals surface area contributed by atoms with Crippen molar-refractivity contribution >= 4 is 23.2 Å². The van der Waals surface area contributed by atoms with Crippen LogP contribution in [0.15, 0.2) is 21.9 Å². The molecule has 5 N–H and O–H groups in total. The molecule has 0 aromatic heterocycles. The lowest BCUT2D eigenvalue weighted by molar-refractivity contribution is -0.862. The number of nitrogens with one attached hydrogen (secondary N) is 2. The summed E-state index contributed by atoms with van der Waals surface area (Å²) in [6.07, 6.45) is 0.125. The van der Waals surface area contributed by atoms with Crippen LogP contribution in [0.1, 0.15) is 62.9 Å². The zero-order valence-corrected chi connectivity index (χ0v) is 26.6. The van der Waals surface area contributed by atoms with Gasteiger partial charge in [0.2, 0.25) is 0 Å². The van der Waals surface area contributed by atoms with Crippen LogP contribution in [0.2, 0.25) is 0 Å². The highest BCUT2D eigenvalue weighted by atomic mass is 16.3. The van der Waals surface area contributed by atoms with Crippen molar-refractivity contribution in [2.75, 3.05) is 62.0 Å². The molecular weight excluding hydrogens is 536 g/mol. The smallest absolute Gasteiger partial charge is 0.295 e. The van der Waals surface area contributed by atoms with Gasteiger partial charge in [0.05, 0.1) is 66.4 Å². The Balaban J connectivity index is 1.68. The highest BCUT2D eigenvalue weighted by molar-refractivity contribution is 5.97. The number of rotatable bonds is 8. The Bertz CT molecular complexity index is 1310. The summed E-state index contributed by atoms with van der Waals surface area (Å²) in [7, 11) is 11.3. The van der Waals surface area contributed by atoms with Gasteiger partial charge >= 0.3 is 0 Å². The summed E-state index contributed by atoms with van der Waals surface area (Å²) in [6.45, 7) is 3.20. The molecule has 0 aromatic carbocycles. The number of hydrogen-bond acceptors (Lipinski definition) is 7. The zero-order valence-electron chi connectivity index (χ0n) is 29.6. The maximum Gasteiger partial charge on any atom is 0.295 e. The van der Waals surface area contributed by atoms with Gasteiger partial charge in [0, 0.05) is 9.53 Å².